The molecule has 2 nitrogen and oxygen atoms in total. The van der Waals surface area contributed by atoms with Gasteiger partial charge < -0.3 is 5.73 Å². The highest BCUT2D eigenvalue weighted by molar-refractivity contribution is 5.15. The van der Waals surface area contributed by atoms with E-state index in [0.29, 0.717) is 6.04 Å². The molecule has 86 valence electrons. The molecule has 2 aliphatic rings. The van der Waals surface area contributed by atoms with Crippen molar-refractivity contribution in [3.63, 3.8) is 0 Å². The van der Waals surface area contributed by atoms with Gasteiger partial charge in [-0.2, -0.15) is 0 Å². The van der Waals surface area contributed by atoms with Crippen molar-refractivity contribution in [3.8, 4) is 0 Å². The summed E-state index contributed by atoms with van der Waals surface area (Å²) in [5.41, 5.74) is 7.52. The first-order chi connectivity index (χ1) is 7.83. The van der Waals surface area contributed by atoms with Gasteiger partial charge in [-0.15, -0.1) is 0 Å². The Kier molecular flexibility index (Phi) is 2.70. The topological polar surface area (TPSA) is 29.3 Å². The number of fused-ring (bicyclic) bond motifs is 2. The maximum atomic E-state index is 6.08. The monoisotopic (exact) mass is 216 g/mol. The molecule has 2 unspecified atom stereocenters. The van der Waals surface area contributed by atoms with Crippen molar-refractivity contribution in [3.05, 3.63) is 35.9 Å². The number of hydrogen-bond donors (Lipinski definition) is 1. The highest BCUT2D eigenvalue weighted by atomic mass is 15.2. The summed E-state index contributed by atoms with van der Waals surface area (Å²) in [6.45, 7) is 1.11. The fourth-order valence-electron chi connectivity index (χ4n) is 3.37. The van der Waals surface area contributed by atoms with E-state index in [-0.39, 0.29) is 0 Å². The largest absolute Gasteiger partial charge is 0.328 e. The predicted molar refractivity (Wildman–Crippen MR) is 66.0 cm³/mol. The van der Waals surface area contributed by atoms with E-state index in [1.165, 1.54) is 31.2 Å². The third-order valence-corrected chi connectivity index (χ3v) is 4.13. The second-order valence-corrected chi connectivity index (χ2v) is 5.27. The maximum Gasteiger partial charge on any atom is 0.0239 e. The van der Waals surface area contributed by atoms with Crippen LogP contribution in [0, 0.1) is 0 Å². The zero-order valence-electron chi connectivity index (χ0n) is 9.68. The van der Waals surface area contributed by atoms with Gasteiger partial charge in [-0.25, -0.2) is 0 Å². The Morgan fingerprint density at radius 2 is 1.69 bits per heavy atom. The zero-order valence-corrected chi connectivity index (χ0v) is 9.68. The van der Waals surface area contributed by atoms with Gasteiger partial charge >= 0.3 is 0 Å². The number of piperidine rings is 1. The summed E-state index contributed by atoms with van der Waals surface area (Å²) in [6, 6.07) is 12.7. The maximum absolute atomic E-state index is 6.08. The molecule has 0 radical (unpaired) electrons. The van der Waals surface area contributed by atoms with E-state index >= 15 is 0 Å². The molecule has 2 fully saturated rings. The van der Waals surface area contributed by atoms with E-state index in [1.807, 2.05) is 0 Å². The first-order valence-corrected chi connectivity index (χ1v) is 6.38. The zero-order chi connectivity index (χ0) is 11.0. The van der Waals surface area contributed by atoms with Crippen LogP contribution in [-0.4, -0.2) is 23.0 Å². The van der Waals surface area contributed by atoms with E-state index in [9.17, 15) is 0 Å². The third-order valence-electron chi connectivity index (χ3n) is 4.13. The number of hydrogen-bond acceptors (Lipinski definition) is 2. The van der Waals surface area contributed by atoms with Crippen molar-refractivity contribution < 1.29 is 0 Å². The number of benzene rings is 1. The fraction of sp³-hybridized carbons (Fsp3) is 0.571. The van der Waals surface area contributed by atoms with E-state index in [4.69, 9.17) is 5.73 Å². The van der Waals surface area contributed by atoms with Crippen LogP contribution in [0.1, 0.15) is 31.2 Å². The smallest absolute Gasteiger partial charge is 0.0239 e. The number of nitrogens with two attached hydrogens (primary N) is 1. The summed E-state index contributed by atoms with van der Waals surface area (Å²) >= 11 is 0. The van der Waals surface area contributed by atoms with Crippen LogP contribution in [0.2, 0.25) is 0 Å². The molecule has 3 atom stereocenters. The standard InChI is InChI=1S/C14H20N2/c15-12-8-13-6-7-14(9-12)16(13)10-11-4-2-1-3-5-11/h1-5,12-14H,6-10,15H2/t12?,13-,14?/m0/s1. The summed E-state index contributed by atoms with van der Waals surface area (Å²) in [4.78, 5) is 2.68. The Bertz CT molecular complexity index is 335. The van der Waals surface area contributed by atoms with Gasteiger partial charge in [0.25, 0.3) is 0 Å². The molecule has 0 spiro atoms. The van der Waals surface area contributed by atoms with Crippen molar-refractivity contribution in [1.82, 2.24) is 4.90 Å². The molecule has 2 bridgehead atoms. The molecule has 2 heterocycles. The van der Waals surface area contributed by atoms with Crippen molar-refractivity contribution in [2.24, 2.45) is 5.73 Å². The molecule has 2 N–H and O–H groups in total. The first-order valence-electron chi connectivity index (χ1n) is 6.38. The lowest BCUT2D eigenvalue weighted by atomic mass is 9.97. The van der Waals surface area contributed by atoms with Crippen molar-refractivity contribution in [2.75, 3.05) is 0 Å². The molecule has 2 saturated heterocycles. The minimum absolute atomic E-state index is 0.449. The second-order valence-electron chi connectivity index (χ2n) is 5.27. The van der Waals surface area contributed by atoms with Crippen LogP contribution in [0.25, 0.3) is 0 Å². The van der Waals surface area contributed by atoms with Crippen LogP contribution in [0.4, 0.5) is 0 Å². The lowest BCUT2D eigenvalue weighted by Crippen LogP contribution is -2.46. The Morgan fingerprint density at radius 3 is 2.31 bits per heavy atom. The number of nitrogens with zero attached hydrogens (tertiary/aromatic N) is 1. The highest BCUT2D eigenvalue weighted by Crippen LogP contribution is 2.35. The van der Waals surface area contributed by atoms with Gasteiger partial charge in [0.2, 0.25) is 0 Å². The average molecular weight is 216 g/mol. The molecule has 0 saturated carbocycles. The summed E-state index contributed by atoms with van der Waals surface area (Å²) in [5.74, 6) is 0. The lowest BCUT2D eigenvalue weighted by molar-refractivity contribution is 0.120. The molecule has 2 heteroatoms. The van der Waals surface area contributed by atoms with E-state index in [0.717, 1.165) is 18.6 Å². The predicted octanol–water partition coefficient (Wildman–Crippen LogP) is 2.14. The molecule has 2 aliphatic heterocycles. The van der Waals surface area contributed by atoms with Crippen LogP contribution in [-0.2, 0) is 6.54 Å². The van der Waals surface area contributed by atoms with Crippen molar-refractivity contribution in [1.29, 1.82) is 0 Å². The van der Waals surface area contributed by atoms with Gasteiger partial charge in [-0.3, -0.25) is 4.90 Å². The van der Waals surface area contributed by atoms with E-state index < -0.39 is 0 Å². The quantitative estimate of drug-likeness (QED) is 0.820. The summed E-state index contributed by atoms with van der Waals surface area (Å²) in [7, 11) is 0. The van der Waals surface area contributed by atoms with Gasteiger partial charge in [-0.05, 0) is 31.2 Å². The fourth-order valence-corrected chi connectivity index (χ4v) is 3.37. The Balaban J connectivity index is 1.72. The summed E-state index contributed by atoms with van der Waals surface area (Å²) < 4.78 is 0. The summed E-state index contributed by atoms with van der Waals surface area (Å²) in [6.07, 6.45) is 5.10. The van der Waals surface area contributed by atoms with E-state index in [1.54, 1.807) is 0 Å². The van der Waals surface area contributed by atoms with Crippen LogP contribution in [0.3, 0.4) is 0 Å². The molecular weight excluding hydrogens is 196 g/mol. The van der Waals surface area contributed by atoms with Gasteiger partial charge in [0.1, 0.15) is 0 Å². The summed E-state index contributed by atoms with van der Waals surface area (Å²) in [5, 5.41) is 0. The molecule has 0 aliphatic carbocycles. The van der Waals surface area contributed by atoms with Crippen LogP contribution in [0.15, 0.2) is 30.3 Å². The van der Waals surface area contributed by atoms with Gasteiger partial charge in [0, 0.05) is 24.7 Å². The Hall–Kier alpha value is -0.860. The lowest BCUT2D eigenvalue weighted by Gasteiger charge is -2.37. The second kappa shape index (κ2) is 4.19. The minimum Gasteiger partial charge on any atom is -0.328 e. The van der Waals surface area contributed by atoms with Crippen molar-refractivity contribution in [2.45, 2.75) is 50.4 Å². The molecule has 0 aromatic heterocycles. The first kappa shape index (κ1) is 10.3. The highest BCUT2D eigenvalue weighted by Gasteiger charge is 2.39. The average Bonchev–Trinajstić information content (AvgIpc) is 2.54. The molecule has 3 rings (SSSR count). The van der Waals surface area contributed by atoms with Gasteiger partial charge in [0.15, 0.2) is 0 Å². The molecule has 16 heavy (non-hydrogen) atoms. The van der Waals surface area contributed by atoms with Crippen molar-refractivity contribution >= 4 is 0 Å². The van der Waals surface area contributed by atoms with Crippen LogP contribution < -0.4 is 5.73 Å². The molecule has 1 aromatic rings. The Labute approximate surface area is 97.4 Å². The number of rotatable bonds is 2. The van der Waals surface area contributed by atoms with Crippen LogP contribution >= 0.6 is 0 Å². The van der Waals surface area contributed by atoms with E-state index in [2.05, 4.69) is 35.2 Å². The molecule has 1 aromatic carbocycles. The third kappa shape index (κ3) is 1.87. The normalized spacial score (nSPS) is 34.2. The minimum atomic E-state index is 0.449. The van der Waals surface area contributed by atoms with Gasteiger partial charge in [-0.1, -0.05) is 30.3 Å². The molecule has 0 amide bonds. The SMILES string of the molecule is NC1CC2CC[C@@H](C1)N2Cc1ccccc1. The molecular formula is C14H20N2. The Morgan fingerprint density at radius 1 is 1.06 bits per heavy atom. The van der Waals surface area contributed by atoms with Gasteiger partial charge in [0.05, 0.1) is 0 Å². The van der Waals surface area contributed by atoms with Crippen LogP contribution in [0.5, 0.6) is 0 Å².